The molecule has 5 nitrogen and oxygen atoms in total. The first-order valence-electron chi connectivity index (χ1n) is 6.80. The van der Waals surface area contributed by atoms with E-state index in [0.717, 1.165) is 42.8 Å². The molecule has 0 saturated carbocycles. The minimum Gasteiger partial charge on any atom is -0.466 e. The number of hydrogen-bond acceptors (Lipinski definition) is 3. The third kappa shape index (κ3) is 3.81. The predicted octanol–water partition coefficient (Wildman–Crippen LogP) is 2.11. The van der Waals surface area contributed by atoms with E-state index in [2.05, 4.69) is 4.72 Å². The van der Waals surface area contributed by atoms with Gasteiger partial charge in [0.25, 0.3) is 10.2 Å². The Bertz CT molecular complexity index is 514. The van der Waals surface area contributed by atoms with Gasteiger partial charge >= 0.3 is 0 Å². The zero-order valence-electron chi connectivity index (χ0n) is 11.6. The molecule has 6 heteroatoms. The first-order valence-corrected chi connectivity index (χ1v) is 8.24. The molecule has 0 unspecified atom stereocenters. The standard InChI is InChI=1S/C13H22N2O3S/c1-11-9-13(12(2)18-11)10-14-19(16,17)15-7-5-3-4-6-8-15/h9,14H,3-8,10H2,1-2H3. The maximum atomic E-state index is 12.2. The number of aryl methyl sites for hydroxylation is 2. The van der Waals surface area contributed by atoms with E-state index in [4.69, 9.17) is 4.42 Å². The number of rotatable bonds is 4. The van der Waals surface area contributed by atoms with E-state index in [9.17, 15) is 8.42 Å². The maximum Gasteiger partial charge on any atom is 0.279 e. The summed E-state index contributed by atoms with van der Waals surface area (Å²) >= 11 is 0. The third-order valence-corrected chi connectivity index (χ3v) is 5.05. The summed E-state index contributed by atoms with van der Waals surface area (Å²) < 4.78 is 34.0. The lowest BCUT2D eigenvalue weighted by Gasteiger charge is -2.20. The van der Waals surface area contributed by atoms with Crippen molar-refractivity contribution in [3.8, 4) is 0 Å². The van der Waals surface area contributed by atoms with Crippen molar-refractivity contribution in [2.24, 2.45) is 0 Å². The molecular weight excluding hydrogens is 264 g/mol. The van der Waals surface area contributed by atoms with Crippen LogP contribution in [0.3, 0.4) is 0 Å². The van der Waals surface area contributed by atoms with Gasteiger partial charge in [0, 0.05) is 25.2 Å². The van der Waals surface area contributed by atoms with Crippen LogP contribution in [0, 0.1) is 13.8 Å². The maximum absolute atomic E-state index is 12.2. The Morgan fingerprint density at radius 2 is 1.84 bits per heavy atom. The molecule has 19 heavy (non-hydrogen) atoms. The second-order valence-electron chi connectivity index (χ2n) is 5.08. The third-order valence-electron chi connectivity index (χ3n) is 3.49. The molecule has 2 heterocycles. The predicted molar refractivity (Wildman–Crippen MR) is 74.0 cm³/mol. The van der Waals surface area contributed by atoms with Crippen LogP contribution in [0.4, 0.5) is 0 Å². The van der Waals surface area contributed by atoms with Crippen LogP contribution in [0.1, 0.15) is 42.8 Å². The van der Waals surface area contributed by atoms with Gasteiger partial charge in [0.05, 0.1) is 0 Å². The molecular formula is C13H22N2O3S. The van der Waals surface area contributed by atoms with Crippen LogP contribution in [-0.2, 0) is 16.8 Å². The summed E-state index contributed by atoms with van der Waals surface area (Å²) in [4.78, 5) is 0. The van der Waals surface area contributed by atoms with Gasteiger partial charge in [-0.05, 0) is 32.8 Å². The summed E-state index contributed by atoms with van der Waals surface area (Å²) in [5.41, 5.74) is 0.899. The molecule has 0 aliphatic carbocycles. The van der Waals surface area contributed by atoms with Crippen LogP contribution in [-0.4, -0.2) is 25.8 Å². The molecule has 0 amide bonds. The van der Waals surface area contributed by atoms with Crippen LogP contribution < -0.4 is 4.72 Å². The molecule has 0 aromatic carbocycles. The van der Waals surface area contributed by atoms with Gasteiger partial charge in [-0.2, -0.15) is 17.4 Å². The number of nitrogens with one attached hydrogen (secondary N) is 1. The normalized spacial score (nSPS) is 18.4. The van der Waals surface area contributed by atoms with Gasteiger partial charge in [0.1, 0.15) is 11.5 Å². The fourth-order valence-electron chi connectivity index (χ4n) is 2.40. The largest absolute Gasteiger partial charge is 0.466 e. The molecule has 1 N–H and O–H groups in total. The zero-order valence-corrected chi connectivity index (χ0v) is 12.4. The summed E-state index contributed by atoms with van der Waals surface area (Å²) in [5, 5.41) is 0. The SMILES string of the molecule is Cc1cc(CNS(=O)(=O)N2CCCCCC2)c(C)o1. The minimum atomic E-state index is -3.37. The van der Waals surface area contributed by atoms with Crippen molar-refractivity contribution in [3.63, 3.8) is 0 Å². The van der Waals surface area contributed by atoms with Crippen LogP contribution >= 0.6 is 0 Å². The summed E-state index contributed by atoms with van der Waals surface area (Å²) in [6.07, 6.45) is 4.13. The van der Waals surface area contributed by atoms with Crippen molar-refractivity contribution in [1.29, 1.82) is 0 Å². The van der Waals surface area contributed by atoms with E-state index in [1.165, 1.54) is 0 Å². The van der Waals surface area contributed by atoms with Gasteiger partial charge in [0.15, 0.2) is 0 Å². The van der Waals surface area contributed by atoms with E-state index in [1.54, 1.807) is 4.31 Å². The number of nitrogens with zero attached hydrogens (tertiary/aromatic N) is 1. The molecule has 0 bridgehead atoms. The van der Waals surface area contributed by atoms with Crippen molar-refractivity contribution < 1.29 is 12.8 Å². The van der Waals surface area contributed by atoms with Gasteiger partial charge in [0.2, 0.25) is 0 Å². The first-order chi connectivity index (χ1) is 8.99. The molecule has 1 aromatic rings. The van der Waals surface area contributed by atoms with Gasteiger partial charge in [-0.1, -0.05) is 12.8 Å². The average molecular weight is 286 g/mol. The minimum absolute atomic E-state index is 0.294. The quantitative estimate of drug-likeness (QED) is 0.922. The van der Waals surface area contributed by atoms with Gasteiger partial charge < -0.3 is 4.42 Å². The topological polar surface area (TPSA) is 62.6 Å². The Hall–Kier alpha value is -0.850. The van der Waals surface area contributed by atoms with Crippen molar-refractivity contribution >= 4 is 10.2 Å². The molecule has 2 rings (SSSR count). The lowest BCUT2D eigenvalue weighted by Crippen LogP contribution is -2.40. The fourth-order valence-corrected chi connectivity index (χ4v) is 3.66. The first kappa shape index (κ1) is 14.6. The Balaban J connectivity index is 1.98. The molecule has 108 valence electrons. The number of hydrogen-bond donors (Lipinski definition) is 1. The summed E-state index contributed by atoms with van der Waals surface area (Å²) in [7, 11) is -3.37. The Morgan fingerprint density at radius 1 is 1.21 bits per heavy atom. The molecule has 0 atom stereocenters. The lowest BCUT2D eigenvalue weighted by atomic mass is 10.2. The Labute approximate surface area is 115 Å². The molecule has 1 fully saturated rings. The summed E-state index contributed by atoms with van der Waals surface area (Å²) in [6, 6.07) is 1.88. The summed E-state index contributed by atoms with van der Waals surface area (Å²) in [5.74, 6) is 1.58. The second-order valence-corrected chi connectivity index (χ2v) is 6.83. The Kier molecular flexibility index (Phi) is 4.65. The van der Waals surface area contributed by atoms with Gasteiger partial charge in [-0.25, -0.2) is 0 Å². The van der Waals surface area contributed by atoms with E-state index in [1.807, 2.05) is 19.9 Å². The highest BCUT2D eigenvalue weighted by atomic mass is 32.2. The monoisotopic (exact) mass is 286 g/mol. The van der Waals surface area contributed by atoms with E-state index in [-0.39, 0.29) is 0 Å². The second kappa shape index (κ2) is 6.07. The molecule has 1 aliphatic rings. The lowest BCUT2D eigenvalue weighted by molar-refractivity contribution is 0.414. The zero-order chi connectivity index (χ0) is 13.9. The van der Waals surface area contributed by atoms with Crippen LogP contribution in [0.5, 0.6) is 0 Å². The van der Waals surface area contributed by atoms with Gasteiger partial charge in [-0.3, -0.25) is 0 Å². The van der Waals surface area contributed by atoms with Crippen molar-refractivity contribution in [2.45, 2.75) is 46.1 Å². The molecule has 1 saturated heterocycles. The van der Waals surface area contributed by atoms with Crippen molar-refractivity contribution in [1.82, 2.24) is 9.03 Å². The smallest absolute Gasteiger partial charge is 0.279 e. The fraction of sp³-hybridized carbons (Fsp3) is 0.692. The Morgan fingerprint density at radius 3 is 2.37 bits per heavy atom. The van der Waals surface area contributed by atoms with E-state index < -0.39 is 10.2 Å². The van der Waals surface area contributed by atoms with Crippen LogP contribution in [0.15, 0.2) is 10.5 Å². The van der Waals surface area contributed by atoms with Crippen molar-refractivity contribution in [2.75, 3.05) is 13.1 Å². The summed E-state index contributed by atoms with van der Waals surface area (Å²) in [6.45, 7) is 5.25. The highest BCUT2D eigenvalue weighted by Gasteiger charge is 2.22. The average Bonchev–Trinajstić information content (AvgIpc) is 2.59. The van der Waals surface area contributed by atoms with Crippen LogP contribution in [0.25, 0.3) is 0 Å². The molecule has 0 spiro atoms. The number of furan rings is 1. The molecule has 1 aliphatic heterocycles. The molecule has 1 aromatic heterocycles. The van der Waals surface area contributed by atoms with Crippen molar-refractivity contribution in [3.05, 3.63) is 23.2 Å². The van der Waals surface area contributed by atoms with Gasteiger partial charge in [-0.15, -0.1) is 0 Å². The molecule has 0 radical (unpaired) electrons. The van der Waals surface area contributed by atoms with Crippen LogP contribution in [0.2, 0.25) is 0 Å². The van der Waals surface area contributed by atoms with E-state index in [0.29, 0.717) is 19.6 Å². The van der Waals surface area contributed by atoms with E-state index >= 15 is 0 Å². The highest BCUT2D eigenvalue weighted by molar-refractivity contribution is 7.87. The highest BCUT2D eigenvalue weighted by Crippen LogP contribution is 2.15.